The van der Waals surface area contributed by atoms with Crippen LogP contribution in [0.3, 0.4) is 0 Å². The molecule has 0 atom stereocenters. The van der Waals surface area contributed by atoms with E-state index in [0.29, 0.717) is 34.7 Å². The first-order valence-electron chi connectivity index (χ1n) is 25.0. The van der Waals surface area contributed by atoms with Crippen LogP contribution in [-0.4, -0.2) is 34.7 Å². The summed E-state index contributed by atoms with van der Waals surface area (Å²) < 4.78 is 0. The number of ketones is 6. The molecule has 0 aromatic heterocycles. The molecule has 0 saturated heterocycles. The summed E-state index contributed by atoms with van der Waals surface area (Å²) in [6.07, 6.45) is 50.6. The second-order valence-electron chi connectivity index (χ2n) is 17.6. The summed E-state index contributed by atoms with van der Waals surface area (Å²) in [5, 5.41) is 0. The van der Waals surface area contributed by atoms with E-state index >= 15 is 0 Å². The maximum Gasteiger partial charge on any atom is 0.132 e. The van der Waals surface area contributed by atoms with Gasteiger partial charge in [-0.05, 0) is 89.9 Å². The average Bonchev–Trinajstić information content (AvgIpc) is 3.92. The molecule has 0 aliphatic heterocycles. The zero-order valence-corrected chi connectivity index (χ0v) is 38.1. The van der Waals surface area contributed by atoms with E-state index in [1.807, 2.05) is 6.08 Å². The first-order valence-corrected chi connectivity index (χ1v) is 25.0. The van der Waals surface area contributed by atoms with E-state index in [1.165, 1.54) is 122 Å². The number of carbonyl (C=O) groups excluding carboxylic acids is 6. The molecule has 0 aromatic carbocycles. The van der Waals surface area contributed by atoms with Gasteiger partial charge in [0.1, 0.15) is 34.7 Å². The molecule has 6 heteroatoms. The van der Waals surface area contributed by atoms with Crippen molar-refractivity contribution in [2.75, 3.05) is 0 Å². The summed E-state index contributed by atoms with van der Waals surface area (Å²) in [6.45, 7) is 5.95. The normalized spacial score (nSPS) is 20.5. The Balaban J connectivity index is 0.000000654. The lowest BCUT2D eigenvalue weighted by molar-refractivity contribution is -0.119. The van der Waals surface area contributed by atoms with Gasteiger partial charge in [0, 0.05) is 77.0 Å². The summed E-state index contributed by atoms with van der Waals surface area (Å²) in [5.74, 6) is 2.85. The number of Topliss-reactive ketones (excluding diaryl/α,β-unsaturated/α-hetero) is 6. The summed E-state index contributed by atoms with van der Waals surface area (Å²) in [4.78, 5) is 64.1. The van der Waals surface area contributed by atoms with Crippen LogP contribution in [0, 0.1) is 0 Å². The fourth-order valence-electron chi connectivity index (χ4n) is 7.81. The van der Waals surface area contributed by atoms with Gasteiger partial charge >= 0.3 is 0 Å². The minimum Gasteiger partial charge on any atom is -0.300 e. The Labute approximate surface area is 358 Å². The van der Waals surface area contributed by atoms with Gasteiger partial charge in [-0.25, -0.2) is 0 Å². The Kier molecular flexibility index (Phi) is 42.6. The topological polar surface area (TPSA) is 102 Å². The summed E-state index contributed by atoms with van der Waals surface area (Å²) in [6, 6.07) is 0. The molecule has 0 bridgehead atoms. The van der Waals surface area contributed by atoms with E-state index < -0.39 is 0 Å². The number of unbranched alkanes of at least 4 members (excludes halogenated alkanes) is 6. The highest BCUT2D eigenvalue weighted by Gasteiger charge is 2.08. The van der Waals surface area contributed by atoms with Gasteiger partial charge in [0.15, 0.2) is 0 Å². The zero-order chi connectivity index (χ0) is 42.6. The predicted octanol–water partition coefficient (Wildman–Crippen LogP) is 15.4. The highest BCUT2D eigenvalue weighted by Crippen LogP contribution is 2.16. The van der Waals surface area contributed by atoms with Crippen molar-refractivity contribution in [1.29, 1.82) is 0 Å². The molecule has 6 aliphatic rings. The van der Waals surface area contributed by atoms with E-state index in [4.69, 9.17) is 0 Å². The Bertz CT molecular complexity index is 798. The van der Waals surface area contributed by atoms with Gasteiger partial charge in [-0.1, -0.05) is 122 Å². The third kappa shape index (κ3) is 43.3. The first kappa shape index (κ1) is 55.8. The van der Waals surface area contributed by atoms with Crippen molar-refractivity contribution >= 4 is 34.7 Å². The smallest absolute Gasteiger partial charge is 0.132 e. The van der Waals surface area contributed by atoms with E-state index in [2.05, 4.69) is 13.5 Å². The van der Waals surface area contributed by atoms with Crippen molar-refractivity contribution in [3.05, 3.63) is 12.7 Å². The molecule has 6 saturated carbocycles. The number of hydrogen-bond donors (Lipinski definition) is 0. The Morgan fingerprint density at radius 2 is 0.466 bits per heavy atom. The van der Waals surface area contributed by atoms with Gasteiger partial charge in [0.05, 0.1) is 0 Å². The molecule has 0 unspecified atom stereocenters. The molecular formula is C52H92O6. The van der Waals surface area contributed by atoms with Gasteiger partial charge in [0.25, 0.3) is 0 Å². The fraction of sp³-hybridized carbons (Fsp3) is 0.846. The van der Waals surface area contributed by atoms with Gasteiger partial charge in [-0.15, -0.1) is 6.58 Å². The van der Waals surface area contributed by atoms with Gasteiger partial charge in [0.2, 0.25) is 0 Å². The molecule has 6 aliphatic carbocycles. The van der Waals surface area contributed by atoms with E-state index in [0.717, 1.165) is 154 Å². The van der Waals surface area contributed by atoms with Crippen LogP contribution in [0.25, 0.3) is 0 Å². The molecule has 0 radical (unpaired) electrons. The highest BCUT2D eigenvalue weighted by molar-refractivity contribution is 5.80. The van der Waals surface area contributed by atoms with Crippen molar-refractivity contribution in [2.24, 2.45) is 0 Å². The lowest BCUT2D eigenvalue weighted by atomic mass is 10.1. The van der Waals surface area contributed by atoms with Crippen LogP contribution in [0.5, 0.6) is 0 Å². The molecule has 6 nitrogen and oxygen atoms in total. The monoisotopic (exact) mass is 813 g/mol. The van der Waals surface area contributed by atoms with Gasteiger partial charge in [-0.3, -0.25) is 28.8 Å². The maximum atomic E-state index is 10.7. The second kappa shape index (κ2) is 44.3. The first-order chi connectivity index (χ1) is 28.3. The second-order valence-corrected chi connectivity index (χ2v) is 17.6. The molecule has 0 amide bonds. The number of carbonyl (C=O) groups is 6. The standard InChI is InChI=1S/C10H20.6C7H12O/c1-3-5-7-9-10-8-6-4-2;6*8-7-5-3-1-2-4-6-7/h3H,1,4-10H2,2H3;6*1-6H2. The van der Waals surface area contributed by atoms with Crippen molar-refractivity contribution < 1.29 is 28.8 Å². The number of allylic oxidation sites excluding steroid dienone is 1. The van der Waals surface area contributed by atoms with Crippen LogP contribution in [-0.2, 0) is 28.8 Å². The van der Waals surface area contributed by atoms with E-state index in [1.54, 1.807) is 0 Å². The van der Waals surface area contributed by atoms with E-state index in [-0.39, 0.29) is 0 Å². The summed E-state index contributed by atoms with van der Waals surface area (Å²) >= 11 is 0. The maximum absolute atomic E-state index is 10.7. The Morgan fingerprint density at radius 1 is 0.293 bits per heavy atom. The van der Waals surface area contributed by atoms with Crippen molar-refractivity contribution in [3.63, 3.8) is 0 Å². The number of hydrogen-bond acceptors (Lipinski definition) is 6. The molecule has 336 valence electrons. The van der Waals surface area contributed by atoms with Crippen LogP contribution >= 0.6 is 0 Å². The summed E-state index contributed by atoms with van der Waals surface area (Å²) in [7, 11) is 0. The predicted molar refractivity (Wildman–Crippen MR) is 244 cm³/mol. The van der Waals surface area contributed by atoms with Crippen molar-refractivity contribution in [3.8, 4) is 0 Å². The minimum absolute atomic E-state index is 0.475. The van der Waals surface area contributed by atoms with E-state index in [9.17, 15) is 28.8 Å². The third-order valence-electron chi connectivity index (χ3n) is 11.7. The van der Waals surface area contributed by atoms with Crippen molar-refractivity contribution in [2.45, 2.75) is 283 Å². The quantitative estimate of drug-likeness (QED) is 0.144. The molecule has 0 N–H and O–H groups in total. The Hall–Kier alpha value is -2.24. The summed E-state index contributed by atoms with van der Waals surface area (Å²) in [5.41, 5.74) is 0. The van der Waals surface area contributed by atoms with Gasteiger partial charge in [-0.2, -0.15) is 0 Å². The largest absolute Gasteiger partial charge is 0.300 e. The van der Waals surface area contributed by atoms with Crippen LogP contribution < -0.4 is 0 Å². The molecule has 58 heavy (non-hydrogen) atoms. The average molecular weight is 813 g/mol. The third-order valence-corrected chi connectivity index (χ3v) is 11.7. The van der Waals surface area contributed by atoms with Gasteiger partial charge < -0.3 is 0 Å². The SMILES string of the molecule is C=CCCCCCCCC.O=C1CCCCCC1.O=C1CCCCCC1.O=C1CCCCCC1.O=C1CCCCCC1.O=C1CCCCCC1.O=C1CCCCCC1. The van der Waals surface area contributed by atoms with Crippen LogP contribution in [0.15, 0.2) is 12.7 Å². The lowest BCUT2D eigenvalue weighted by Gasteiger charge is -1.96. The lowest BCUT2D eigenvalue weighted by Crippen LogP contribution is -1.91. The molecule has 0 heterocycles. The molecule has 6 fully saturated rings. The molecular weight excluding hydrogens is 721 g/mol. The Morgan fingerprint density at radius 3 is 0.638 bits per heavy atom. The molecule has 0 aromatic rings. The fourth-order valence-corrected chi connectivity index (χ4v) is 7.81. The van der Waals surface area contributed by atoms with Crippen LogP contribution in [0.1, 0.15) is 283 Å². The van der Waals surface area contributed by atoms with Crippen molar-refractivity contribution in [1.82, 2.24) is 0 Å². The number of rotatable bonds is 7. The molecule has 0 spiro atoms. The highest BCUT2D eigenvalue weighted by atomic mass is 16.1. The molecule has 6 rings (SSSR count). The zero-order valence-electron chi connectivity index (χ0n) is 38.1. The van der Waals surface area contributed by atoms with Crippen LogP contribution in [0.2, 0.25) is 0 Å². The van der Waals surface area contributed by atoms with Crippen LogP contribution in [0.4, 0.5) is 0 Å². The minimum atomic E-state index is 0.475.